The summed E-state index contributed by atoms with van der Waals surface area (Å²) in [5.74, 6) is -0.310. The van der Waals surface area contributed by atoms with Crippen LogP contribution in [0.25, 0.3) is 0 Å². The van der Waals surface area contributed by atoms with Crippen molar-refractivity contribution < 1.29 is 22.8 Å². The molecule has 1 aromatic rings. The van der Waals surface area contributed by atoms with Crippen LogP contribution in [0.1, 0.15) is 43.9 Å². The lowest BCUT2D eigenvalue weighted by atomic mass is 9.99. The number of alkyl halides is 3. The maximum Gasteiger partial charge on any atom is 0.416 e. The highest BCUT2D eigenvalue weighted by atomic mass is 19.4. The Kier molecular flexibility index (Phi) is 6.14. The number of nitriles is 1. The Bertz CT molecular complexity index is 978. The third-order valence-electron chi connectivity index (χ3n) is 7.14. The number of amides is 2. The standard InChI is InChI=1S/C23H28F3N5O2/c1-13-7-15(9-27)30(10-13)21(32)19(28)12-29-11-16-8-20(29)22(33)31(16)14(2)17-5-3-4-6-18(17)23(24,25)26/h3-6,13-16,19-20H,7-8,10-12,28H2,1-2H3. The fourth-order valence-electron chi connectivity index (χ4n) is 5.62. The fraction of sp³-hybridized carbons (Fsp3) is 0.609. The Morgan fingerprint density at radius 1 is 1.27 bits per heavy atom. The van der Waals surface area contributed by atoms with Gasteiger partial charge in [-0.3, -0.25) is 14.5 Å². The predicted octanol–water partition coefficient (Wildman–Crippen LogP) is 2.14. The van der Waals surface area contributed by atoms with Crippen molar-refractivity contribution in [2.75, 3.05) is 19.6 Å². The summed E-state index contributed by atoms with van der Waals surface area (Å²) < 4.78 is 40.5. The number of nitrogens with zero attached hydrogens (tertiary/aromatic N) is 4. The molecule has 0 spiro atoms. The summed E-state index contributed by atoms with van der Waals surface area (Å²) in [6.07, 6.45) is -3.38. The van der Waals surface area contributed by atoms with Gasteiger partial charge in [-0.15, -0.1) is 0 Å². The summed E-state index contributed by atoms with van der Waals surface area (Å²) in [6, 6.07) is 4.69. The zero-order valence-corrected chi connectivity index (χ0v) is 18.6. The van der Waals surface area contributed by atoms with E-state index in [0.29, 0.717) is 25.9 Å². The second-order valence-corrected chi connectivity index (χ2v) is 9.45. The van der Waals surface area contributed by atoms with Crippen LogP contribution < -0.4 is 5.73 Å². The maximum atomic E-state index is 13.5. The van der Waals surface area contributed by atoms with Crippen LogP contribution in [0.15, 0.2) is 24.3 Å². The molecule has 0 saturated carbocycles. The van der Waals surface area contributed by atoms with Gasteiger partial charge < -0.3 is 15.5 Å². The first-order valence-electron chi connectivity index (χ1n) is 11.2. The number of likely N-dealkylation sites (tertiary alicyclic amines) is 3. The fourth-order valence-corrected chi connectivity index (χ4v) is 5.62. The Balaban J connectivity index is 1.44. The third kappa shape index (κ3) is 4.20. The molecule has 2 N–H and O–H groups in total. The summed E-state index contributed by atoms with van der Waals surface area (Å²) in [4.78, 5) is 30.9. The summed E-state index contributed by atoms with van der Waals surface area (Å²) in [5.41, 5.74) is 5.52. The highest BCUT2D eigenvalue weighted by molar-refractivity contribution is 5.87. The average Bonchev–Trinajstić information content (AvgIpc) is 3.44. The number of benzene rings is 1. The molecule has 3 fully saturated rings. The molecule has 2 amide bonds. The van der Waals surface area contributed by atoms with Crippen LogP contribution in [0.2, 0.25) is 0 Å². The van der Waals surface area contributed by atoms with Crippen molar-refractivity contribution in [3.63, 3.8) is 0 Å². The first-order chi connectivity index (χ1) is 15.5. The topological polar surface area (TPSA) is 93.7 Å². The summed E-state index contributed by atoms with van der Waals surface area (Å²) in [5, 5.41) is 9.32. The van der Waals surface area contributed by atoms with Crippen molar-refractivity contribution >= 4 is 11.8 Å². The normalized spacial score (nSPS) is 29.4. The number of piperazine rings is 1. The summed E-state index contributed by atoms with van der Waals surface area (Å²) in [6.45, 7) is 4.72. The molecule has 178 valence electrons. The highest BCUT2D eigenvalue weighted by Gasteiger charge is 2.52. The number of nitrogens with two attached hydrogens (primary N) is 1. The highest BCUT2D eigenvalue weighted by Crippen LogP contribution is 2.41. The van der Waals surface area contributed by atoms with Gasteiger partial charge in [0.1, 0.15) is 6.04 Å². The molecule has 6 atom stereocenters. The zero-order valence-electron chi connectivity index (χ0n) is 18.6. The van der Waals surface area contributed by atoms with Crippen LogP contribution >= 0.6 is 0 Å². The van der Waals surface area contributed by atoms with Crippen molar-refractivity contribution in [2.45, 2.75) is 63.1 Å². The molecule has 3 aliphatic heterocycles. The van der Waals surface area contributed by atoms with Gasteiger partial charge in [-0.1, -0.05) is 25.1 Å². The van der Waals surface area contributed by atoms with Gasteiger partial charge in [0.25, 0.3) is 0 Å². The maximum absolute atomic E-state index is 13.5. The van der Waals surface area contributed by atoms with Gasteiger partial charge in [0.05, 0.1) is 29.8 Å². The molecular weight excluding hydrogens is 435 g/mol. The van der Waals surface area contributed by atoms with Crippen molar-refractivity contribution in [2.24, 2.45) is 11.7 Å². The van der Waals surface area contributed by atoms with E-state index in [9.17, 15) is 28.0 Å². The van der Waals surface area contributed by atoms with Gasteiger partial charge in [-0.2, -0.15) is 18.4 Å². The SMILES string of the molecule is CC1CC(C#N)N(C(=O)C(N)CN2CC3CC2C(=O)N3C(C)c2ccccc2C(F)(F)F)C1. The van der Waals surface area contributed by atoms with E-state index in [4.69, 9.17) is 5.73 Å². The van der Waals surface area contributed by atoms with Gasteiger partial charge in [0, 0.05) is 25.7 Å². The molecule has 6 unspecified atom stereocenters. The van der Waals surface area contributed by atoms with Crippen LogP contribution in [0.3, 0.4) is 0 Å². The van der Waals surface area contributed by atoms with Gasteiger partial charge in [-0.25, -0.2) is 0 Å². The first kappa shape index (κ1) is 23.5. The number of hydrogen-bond acceptors (Lipinski definition) is 5. The van der Waals surface area contributed by atoms with Gasteiger partial charge in [0.15, 0.2) is 0 Å². The molecule has 4 rings (SSSR count). The van der Waals surface area contributed by atoms with Crippen LogP contribution in [0.4, 0.5) is 13.2 Å². The summed E-state index contributed by atoms with van der Waals surface area (Å²) >= 11 is 0. The molecule has 3 aliphatic rings. The second kappa shape index (κ2) is 8.61. The van der Waals surface area contributed by atoms with E-state index < -0.39 is 35.9 Å². The van der Waals surface area contributed by atoms with E-state index in [-0.39, 0.29) is 35.9 Å². The van der Waals surface area contributed by atoms with E-state index in [1.807, 2.05) is 11.8 Å². The van der Waals surface area contributed by atoms with Crippen LogP contribution in [0.5, 0.6) is 0 Å². The lowest BCUT2D eigenvalue weighted by Gasteiger charge is -2.39. The van der Waals surface area contributed by atoms with E-state index in [1.165, 1.54) is 17.0 Å². The van der Waals surface area contributed by atoms with E-state index in [1.54, 1.807) is 17.9 Å². The van der Waals surface area contributed by atoms with Crippen molar-refractivity contribution in [3.8, 4) is 6.07 Å². The van der Waals surface area contributed by atoms with Crippen LogP contribution in [0, 0.1) is 17.2 Å². The molecule has 7 nitrogen and oxygen atoms in total. The van der Waals surface area contributed by atoms with Gasteiger partial charge in [-0.05, 0) is 37.3 Å². The Labute approximate surface area is 190 Å². The molecule has 0 radical (unpaired) electrons. The quantitative estimate of drug-likeness (QED) is 0.722. The number of carbonyl (C=O) groups is 2. The monoisotopic (exact) mass is 463 g/mol. The minimum atomic E-state index is -4.50. The lowest BCUT2D eigenvalue weighted by molar-refractivity contribution is -0.143. The van der Waals surface area contributed by atoms with Crippen LogP contribution in [-0.2, 0) is 15.8 Å². The van der Waals surface area contributed by atoms with Gasteiger partial charge >= 0.3 is 6.18 Å². The van der Waals surface area contributed by atoms with Gasteiger partial charge in [0.2, 0.25) is 11.8 Å². The van der Waals surface area contributed by atoms with E-state index >= 15 is 0 Å². The predicted molar refractivity (Wildman–Crippen MR) is 113 cm³/mol. The molecular formula is C23H28F3N5O2. The smallest absolute Gasteiger partial charge is 0.330 e. The molecule has 3 saturated heterocycles. The molecule has 0 aromatic heterocycles. The number of hydrogen-bond donors (Lipinski definition) is 1. The minimum absolute atomic E-state index is 0.0787. The van der Waals surface area contributed by atoms with Crippen molar-refractivity contribution in [3.05, 3.63) is 35.4 Å². The minimum Gasteiger partial charge on any atom is -0.330 e. The lowest BCUT2D eigenvalue weighted by Crippen LogP contribution is -2.56. The molecule has 10 heteroatoms. The largest absolute Gasteiger partial charge is 0.416 e. The Hall–Kier alpha value is -2.64. The molecule has 2 bridgehead atoms. The first-order valence-corrected chi connectivity index (χ1v) is 11.2. The van der Waals surface area contributed by atoms with Crippen molar-refractivity contribution in [1.29, 1.82) is 5.26 Å². The molecule has 0 aliphatic carbocycles. The number of halogens is 3. The average molecular weight is 464 g/mol. The number of carbonyl (C=O) groups excluding carboxylic acids is 2. The second-order valence-electron chi connectivity index (χ2n) is 9.45. The van der Waals surface area contributed by atoms with Crippen LogP contribution in [-0.4, -0.2) is 70.3 Å². The van der Waals surface area contributed by atoms with Crippen molar-refractivity contribution in [1.82, 2.24) is 14.7 Å². The zero-order chi connectivity index (χ0) is 24.1. The van der Waals surface area contributed by atoms with E-state index in [2.05, 4.69) is 6.07 Å². The molecule has 1 aromatic carbocycles. The molecule has 33 heavy (non-hydrogen) atoms. The molecule has 3 heterocycles. The third-order valence-corrected chi connectivity index (χ3v) is 7.14. The number of fused-ring (bicyclic) bond motifs is 2. The summed E-state index contributed by atoms with van der Waals surface area (Å²) in [7, 11) is 0. The Morgan fingerprint density at radius 2 is 1.97 bits per heavy atom. The van der Waals surface area contributed by atoms with E-state index in [0.717, 1.165) is 6.07 Å². The number of rotatable bonds is 5. The Morgan fingerprint density at radius 3 is 2.61 bits per heavy atom.